The minimum atomic E-state index is 1.15. The molecule has 1 aromatic carbocycles. The maximum atomic E-state index is 3.40. The first-order chi connectivity index (χ1) is 9.34. The first-order valence-electron chi connectivity index (χ1n) is 7.50. The fraction of sp³-hybridized carbons (Fsp3) is 0.625. The molecule has 0 aliphatic carbocycles. The van der Waals surface area contributed by atoms with Crippen molar-refractivity contribution in [2.75, 3.05) is 52.9 Å². The first-order valence-corrected chi connectivity index (χ1v) is 7.50. The van der Waals surface area contributed by atoms with E-state index in [1.807, 2.05) is 0 Å². The van der Waals surface area contributed by atoms with Gasteiger partial charge in [0.2, 0.25) is 0 Å². The van der Waals surface area contributed by atoms with Crippen molar-refractivity contribution in [3.63, 3.8) is 0 Å². The number of benzene rings is 1. The Hall–Kier alpha value is -0.900. The van der Waals surface area contributed by atoms with Crippen LogP contribution in [0, 0.1) is 0 Å². The van der Waals surface area contributed by atoms with Crippen LogP contribution in [-0.2, 0) is 6.42 Å². The molecular weight excluding hydrogens is 234 g/mol. The van der Waals surface area contributed by atoms with Crippen LogP contribution in [0.2, 0.25) is 0 Å². The Morgan fingerprint density at radius 3 is 2.58 bits per heavy atom. The van der Waals surface area contributed by atoms with Crippen LogP contribution in [0.25, 0.3) is 0 Å². The van der Waals surface area contributed by atoms with Crippen molar-refractivity contribution in [1.82, 2.24) is 15.1 Å². The maximum absolute atomic E-state index is 3.40. The van der Waals surface area contributed by atoms with E-state index in [1.54, 1.807) is 0 Å². The highest BCUT2D eigenvalue weighted by molar-refractivity contribution is 5.14. The van der Waals surface area contributed by atoms with E-state index in [0.29, 0.717) is 0 Å². The second kappa shape index (κ2) is 8.31. The zero-order valence-corrected chi connectivity index (χ0v) is 12.1. The number of hydrogen-bond donors (Lipinski definition) is 1. The van der Waals surface area contributed by atoms with E-state index in [-0.39, 0.29) is 0 Å². The standard InChI is InChI=1S/C16H27N3/c1-18(14-15-19-12-9-17-10-13-19)11-5-8-16-6-3-2-4-7-16/h2-4,6-7,17H,5,8-15H2,1H3. The molecule has 1 N–H and O–H groups in total. The Kier molecular flexibility index (Phi) is 6.34. The van der Waals surface area contributed by atoms with Crippen LogP contribution in [0.5, 0.6) is 0 Å². The number of likely N-dealkylation sites (N-methyl/N-ethyl adjacent to an activating group) is 1. The van der Waals surface area contributed by atoms with Crippen molar-refractivity contribution >= 4 is 0 Å². The first kappa shape index (κ1) is 14.5. The van der Waals surface area contributed by atoms with Gasteiger partial charge in [-0.2, -0.15) is 0 Å². The number of nitrogens with zero attached hydrogens (tertiary/aromatic N) is 2. The summed E-state index contributed by atoms with van der Waals surface area (Å²) in [6.07, 6.45) is 2.45. The zero-order chi connectivity index (χ0) is 13.3. The van der Waals surface area contributed by atoms with Crippen LogP contribution >= 0.6 is 0 Å². The molecule has 0 spiro atoms. The van der Waals surface area contributed by atoms with E-state index in [9.17, 15) is 0 Å². The molecule has 0 radical (unpaired) electrons. The van der Waals surface area contributed by atoms with Gasteiger partial charge in [-0.1, -0.05) is 30.3 Å². The fourth-order valence-electron chi connectivity index (χ4n) is 2.56. The lowest BCUT2D eigenvalue weighted by Crippen LogP contribution is -2.46. The van der Waals surface area contributed by atoms with Gasteiger partial charge in [0.15, 0.2) is 0 Å². The summed E-state index contributed by atoms with van der Waals surface area (Å²) in [6.45, 7) is 8.31. The quantitative estimate of drug-likeness (QED) is 0.801. The van der Waals surface area contributed by atoms with Crippen molar-refractivity contribution in [1.29, 1.82) is 0 Å². The third kappa shape index (κ3) is 5.72. The van der Waals surface area contributed by atoms with Crippen LogP contribution in [0.1, 0.15) is 12.0 Å². The van der Waals surface area contributed by atoms with E-state index >= 15 is 0 Å². The highest BCUT2D eigenvalue weighted by Gasteiger charge is 2.09. The molecule has 2 rings (SSSR count). The van der Waals surface area contributed by atoms with Crippen LogP contribution in [0.3, 0.4) is 0 Å². The molecule has 1 aromatic rings. The number of hydrogen-bond acceptors (Lipinski definition) is 3. The molecule has 0 amide bonds. The minimum absolute atomic E-state index is 1.15. The number of aryl methyl sites for hydroxylation is 1. The summed E-state index contributed by atoms with van der Waals surface area (Å²) < 4.78 is 0. The Bertz CT molecular complexity index is 333. The molecule has 1 aliphatic heterocycles. The predicted octanol–water partition coefficient (Wildman–Crippen LogP) is 1.46. The third-order valence-electron chi connectivity index (χ3n) is 3.86. The molecule has 19 heavy (non-hydrogen) atoms. The molecule has 3 heteroatoms. The van der Waals surface area contributed by atoms with Crippen LogP contribution in [-0.4, -0.2) is 62.7 Å². The number of piperazine rings is 1. The summed E-state index contributed by atoms with van der Waals surface area (Å²) >= 11 is 0. The van der Waals surface area contributed by atoms with E-state index in [4.69, 9.17) is 0 Å². The van der Waals surface area contributed by atoms with Crippen LogP contribution in [0.15, 0.2) is 30.3 Å². The summed E-state index contributed by atoms with van der Waals surface area (Å²) in [5, 5.41) is 3.40. The van der Waals surface area contributed by atoms with E-state index in [1.165, 1.54) is 51.1 Å². The number of nitrogens with one attached hydrogen (secondary N) is 1. The van der Waals surface area contributed by atoms with Crippen LogP contribution in [0.4, 0.5) is 0 Å². The van der Waals surface area contributed by atoms with Gasteiger partial charge in [0, 0.05) is 39.3 Å². The highest BCUT2D eigenvalue weighted by Crippen LogP contribution is 2.03. The molecule has 1 fully saturated rings. The van der Waals surface area contributed by atoms with Crippen molar-refractivity contribution in [3.8, 4) is 0 Å². The molecular formula is C16H27N3. The fourth-order valence-corrected chi connectivity index (χ4v) is 2.56. The third-order valence-corrected chi connectivity index (χ3v) is 3.86. The summed E-state index contributed by atoms with van der Waals surface area (Å²) in [4.78, 5) is 5.02. The Balaban J connectivity index is 1.55. The predicted molar refractivity (Wildman–Crippen MR) is 81.6 cm³/mol. The molecule has 0 atom stereocenters. The molecule has 0 bridgehead atoms. The largest absolute Gasteiger partial charge is 0.314 e. The van der Waals surface area contributed by atoms with Crippen LogP contribution < -0.4 is 5.32 Å². The molecule has 3 nitrogen and oxygen atoms in total. The Morgan fingerprint density at radius 2 is 1.84 bits per heavy atom. The summed E-state index contributed by atoms with van der Waals surface area (Å²) in [5.41, 5.74) is 1.46. The average molecular weight is 261 g/mol. The van der Waals surface area contributed by atoms with Gasteiger partial charge in [0.05, 0.1) is 0 Å². The smallest absolute Gasteiger partial charge is 0.0110 e. The molecule has 1 aliphatic rings. The van der Waals surface area contributed by atoms with Gasteiger partial charge < -0.3 is 10.2 Å². The lowest BCUT2D eigenvalue weighted by molar-refractivity contribution is 0.204. The SMILES string of the molecule is CN(CCCc1ccccc1)CCN1CCNCC1. The van der Waals surface area contributed by atoms with Gasteiger partial charge in [0.1, 0.15) is 0 Å². The summed E-state index contributed by atoms with van der Waals surface area (Å²) in [7, 11) is 2.24. The number of rotatable bonds is 7. The molecule has 106 valence electrons. The monoisotopic (exact) mass is 261 g/mol. The Morgan fingerprint density at radius 1 is 1.11 bits per heavy atom. The van der Waals surface area contributed by atoms with Crippen molar-refractivity contribution in [2.24, 2.45) is 0 Å². The lowest BCUT2D eigenvalue weighted by atomic mass is 10.1. The van der Waals surface area contributed by atoms with Crippen molar-refractivity contribution in [3.05, 3.63) is 35.9 Å². The van der Waals surface area contributed by atoms with Gasteiger partial charge in [-0.15, -0.1) is 0 Å². The summed E-state index contributed by atoms with van der Waals surface area (Å²) in [6, 6.07) is 10.8. The molecule has 0 aromatic heterocycles. The zero-order valence-electron chi connectivity index (χ0n) is 12.1. The van der Waals surface area contributed by atoms with E-state index < -0.39 is 0 Å². The molecule has 1 heterocycles. The van der Waals surface area contributed by atoms with Gasteiger partial charge >= 0.3 is 0 Å². The van der Waals surface area contributed by atoms with Gasteiger partial charge in [-0.3, -0.25) is 4.90 Å². The second-order valence-corrected chi connectivity index (χ2v) is 5.48. The minimum Gasteiger partial charge on any atom is -0.314 e. The van der Waals surface area contributed by atoms with Crippen molar-refractivity contribution < 1.29 is 0 Å². The lowest BCUT2D eigenvalue weighted by Gasteiger charge is -2.29. The van der Waals surface area contributed by atoms with Gasteiger partial charge in [0.25, 0.3) is 0 Å². The van der Waals surface area contributed by atoms with Gasteiger partial charge in [-0.25, -0.2) is 0 Å². The normalized spacial score (nSPS) is 16.9. The van der Waals surface area contributed by atoms with Gasteiger partial charge in [-0.05, 0) is 32.0 Å². The molecule has 0 saturated carbocycles. The second-order valence-electron chi connectivity index (χ2n) is 5.48. The Labute approximate surface area is 117 Å². The molecule has 0 unspecified atom stereocenters. The van der Waals surface area contributed by atoms with E-state index in [0.717, 1.165) is 13.1 Å². The maximum Gasteiger partial charge on any atom is 0.0110 e. The molecule has 1 saturated heterocycles. The highest BCUT2D eigenvalue weighted by atomic mass is 15.2. The summed E-state index contributed by atoms with van der Waals surface area (Å²) in [5.74, 6) is 0. The van der Waals surface area contributed by atoms with Crippen molar-refractivity contribution in [2.45, 2.75) is 12.8 Å². The average Bonchev–Trinajstić information content (AvgIpc) is 2.47. The van der Waals surface area contributed by atoms with E-state index in [2.05, 4.69) is 52.5 Å². The topological polar surface area (TPSA) is 18.5 Å².